The van der Waals surface area contributed by atoms with Crippen molar-refractivity contribution in [2.45, 2.75) is 44.6 Å². The molecule has 0 spiro atoms. The maximum atomic E-state index is 12.4. The molecule has 2 rings (SSSR count). The minimum Gasteiger partial charge on any atom is -0.344 e. The van der Waals surface area contributed by atoms with Gasteiger partial charge in [-0.15, -0.1) is 12.4 Å². The van der Waals surface area contributed by atoms with E-state index >= 15 is 0 Å². The smallest absolute Gasteiger partial charge is 0.246 e. The average molecular weight is 358 g/mol. The fraction of sp³-hybridized carbons (Fsp3) is 0.562. The van der Waals surface area contributed by atoms with Gasteiger partial charge in [0.15, 0.2) is 0 Å². The Bertz CT molecular complexity index is 501. The molecule has 2 amide bonds. The fourth-order valence-electron chi connectivity index (χ4n) is 2.62. The predicted molar refractivity (Wildman–Crippen MR) is 97.1 cm³/mol. The van der Waals surface area contributed by atoms with Crippen LogP contribution in [0.1, 0.15) is 38.5 Å². The van der Waals surface area contributed by atoms with Crippen LogP contribution in [0.3, 0.4) is 0 Å². The van der Waals surface area contributed by atoms with Crippen molar-refractivity contribution in [3.63, 3.8) is 0 Å². The second kappa shape index (κ2) is 10.5. The molecule has 0 aromatic carbocycles. The highest BCUT2D eigenvalue weighted by atomic mass is 35.5. The number of anilines is 1. The van der Waals surface area contributed by atoms with Crippen molar-refractivity contribution in [1.82, 2.24) is 10.3 Å². The molecule has 2 N–H and O–H groups in total. The van der Waals surface area contributed by atoms with Crippen LogP contribution >= 0.6 is 25.0 Å². The standard InChI is InChI=1S/C16H23N3O2S.ClH/c20-15-12(11-22)6-3-1-2-4-8-14(19-15)16(21)18-13-7-5-9-17-10-13;/h5,7,9-10,12,14,22H,1-4,6,8,11H2,(H,18,21)(H,19,20);1H/t12-,14-;/m1./s1. The molecule has 2 atom stereocenters. The summed E-state index contributed by atoms with van der Waals surface area (Å²) in [5.41, 5.74) is 0.643. The summed E-state index contributed by atoms with van der Waals surface area (Å²) in [6.07, 6.45) is 8.93. The lowest BCUT2D eigenvalue weighted by Gasteiger charge is -2.23. The molecule has 0 unspecified atom stereocenters. The van der Waals surface area contributed by atoms with Gasteiger partial charge >= 0.3 is 0 Å². The monoisotopic (exact) mass is 357 g/mol. The summed E-state index contributed by atoms with van der Waals surface area (Å²) >= 11 is 4.26. The molecule has 1 fully saturated rings. The van der Waals surface area contributed by atoms with Gasteiger partial charge < -0.3 is 10.6 Å². The second-order valence-corrected chi connectivity index (χ2v) is 6.03. The normalized spacial score (nSPS) is 22.4. The van der Waals surface area contributed by atoms with Crippen LogP contribution in [0.4, 0.5) is 5.69 Å². The van der Waals surface area contributed by atoms with E-state index in [4.69, 9.17) is 0 Å². The van der Waals surface area contributed by atoms with E-state index in [9.17, 15) is 9.59 Å². The summed E-state index contributed by atoms with van der Waals surface area (Å²) < 4.78 is 0. The second-order valence-electron chi connectivity index (χ2n) is 5.66. The Kier molecular flexibility index (Phi) is 9.02. The lowest BCUT2D eigenvalue weighted by molar-refractivity contribution is -0.129. The zero-order valence-electron chi connectivity index (χ0n) is 13.0. The maximum absolute atomic E-state index is 12.4. The van der Waals surface area contributed by atoms with Crippen molar-refractivity contribution >= 4 is 42.5 Å². The van der Waals surface area contributed by atoms with Gasteiger partial charge in [0.25, 0.3) is 0 Å². The zero-order chi connectivity index (χ0) is 15.8. The first kappa shape index (κ1) is 19.8. The van der Waals surface area contributed by atoms with Gasteiger partial charge in [0.2, 0.25) is 11.8 Å². The maximum Gasteiger partial charge on any atom is 0.246 e. The van der Waals surface area contributed by atoms with E-state index in [0.717, 1.165) is 32.1 Å². The molecule has 1 aromatic heterocycles. The van der Waals surface area contributed by atoms with Gasteiger partial charge in [0.05, 0.1) is 11.9 Å². The SMILES string of the molecule is Cl.O=C1N[C@@H](C(=O)Nc2cccnc2)CCCCCC[C@@H]1CS. The lowest BCUT2D eigenvalue weighted by atomic mass is 9.97. The van der Waals surface area contributed by atoms with Crippen LogP contribution in [-0.4, -0.2) is 28.6 Å². The van der Waals surface area contributed by atoms with Crippen LogP contribution in [0.15, 0.2) is 24.5 Å². The average Bonchev–Trinajstić information content (AvgIpc) is 2.54. The summed E-state index contributed by atoms with van der Waals surface area (Å²) in [5.74, 6) is 0.154. The number of thiol groups is 1. The van der Waals surface area contributed by atoms with Gasteiger partial charge in [-0.3, -0.25) is 14.6 Å². The highest BCUT2D eigenvalue weighted by molar-refractivity contribution is 7.80. The summed E-state index contributed by atoms with van der Waals surface area (Å²) in [6, 6.07) is 3.05. The van der Waals surface area contributed by atoms with Crippen LogP contribution in [0.5, 0.6) is 0 Å². The minimum atomic E-state index is -0.492. The molecule has 1 aliphatic heterocycles. The number of carbonyl (C=O) groups excluding carboxylic acids is 2. The summed E-state index contributed by atoms with van der Waals surface area (Å²) in [6.45, 7) is 0. The molecular formula is C16H24ClN3O2S. The highest BCUT2D eigenvalue weighted by Gasteiger charge is 2.25. The number of nitrogens with one attached hydrogen (secondary N) is 2. The Hall–Kier alpha value is -1.27. The summed E-state index contributed by atoms with van der Waals surface area (Å²) in [4.78, 5) is 28.6. The van der Waals surface area contributed by atoms with Crippen LogP contribution in [0.2, 0.25) is 0 Å². The van der Waals surface area contributed by atoms with E-state index in [1.165, 1.54) is 0 Å². The first-order valence-corrected chi connectivity index (χ1v) is 8.46. The number of carbonyl (C=O) groups is 2. The van der Waals surface area contributed by atoms with Gasteiger partial charge in [0, 0.05) is 17.9 Å². The molecule has 0 bridgehead atoms. The van der Waals surface area contributed by atoms with E-state index in [0.29, 0.717) is 17.9 Å². The number of aromatic nitrogens is 1. The molecular weight excluding hydrogens is 334 g/mol. The third kappa shape index (κ3) is 6.39. The Labute approximate surface area is 148 Å². The fourth-order valence-corrected chi connectivity index (χ4v) is 2.97. The van der Waals surface area contributed by atoms with Crippen molar-refractivity contribution in [2.75, 3.05) is 11.1 Å². The number of nitrogens with zero attached hydrogens (tertiary/aromatic N) is 1. The van der Waals surface area contributed by atoms with E-state index in [1.54, 1.807) is 24.5 Å². The number of hydrogen-bond donors (Lipinski definition) is 3. The topological polar surface area (TPSA) is 71.1 Å². The van der Waals surface area contributed by atoms with Gasteiger partial charge in [-0.1, -0.05) is 25.7 Å². The first-order chi connectivity index (χ1) is 10.7. The molecule has 23 heavy (non-hydrogen) atoms. The largest absolute Gasteiger partial charge is 0.344 e. The third-order valence-electron chi connectivity index (χ3n) is 3.95. The van der Waals surface area contributed by atoms with Crippen LogP contribution in [0.25, 0.3) is 0 Å². The van der Waals surface area contributed by atoms with E-state index in [-0.39, 0.29) is 30.1 Å². The molecule has 0 saturated carbocycles. The molecule has 7 heteroatoms. The van der Waals surface area contributed by atoms with Crippen LogP contribution in [0, 0.1) is 5.92 Å². The Morgan fingerprint density at radius 1 is 1.30 bits per heavy atom. The van der Waals surface area contributed by atoms with Gasteiger partial charge in [-0.25, -0.2) is 0 Å². The number of pyridine rings is 1. The van der Waals surface area contributed by atoms with E-state index in [2.05, 4.69) is 28.2 Å². The van der Waals surface area contributed by atoms with Crippen molar-refractivity contribution < 1.29 is 9.59 Å². The number of halogens is 1. The Morgan fingerprint density at radius 3 is 2.70 bits per heavy atom. The molecule has 2 heterocycles. The van der Waals surface area contributed by atoms with Crippen LogP contribution < -0.4 is 10.6 Å². The number of amides is 2. The van der Waals surface area contributed by atoms with E-state index in [1.807, 2.05) is 0 Å². The zero-order valence-corrected chi connectivity index (χ0v) is 14.7. The lowest BCUT2D eigenvalue weighted by Crippen LogP contribution is -2.46. The molecule has 5 nitrogen and oxygen atoms in total. The van der Waals surface area contributed by atoms with Crippen molar-refractivity contribution in [3.05, 3.63) is 24.5 Å². The van der Waals surface area contributed by atoms with Gasteiger partial charge in [-0.05, 0) is 25.0 Å². The van der Waals surface area contributed by atoms with Gasteiger partial charge in [0.1, 0.15) is 6.04 Å². The molecule has 128 valence electrons. The van der Waals surface area contributed by atoms with E-state index < -0.39 is 6.04 Å². The summed E-state index contributed by atoms with van der Waals surface area (Å²) in [5, 5.41) is 5.70. The number of hydrogen-bond acceptors (Lipinski definition) is 4. The molecule has 0 aliphatic carbocycles. The molecule has 1 saturated heterocycles. The molecule has 0 radical (unpaired) electrons. The Morgan fingerprint density at radius 2 is 2.04 bits per heavy atom. The first-order valence-electron chi connectivity index (χ1n) is 7.83. The predicted octanol–water partition coefficient (Wildman–Crippen LogP) is 2.83. The third-order valence-corrected chi connectivity index (χ3v) is 4.39. The number of rotatable bonds is 3. The van der Waals surface area contributed by atoms with Crippen molar-refractivity contribution in [2.24, 2.45) is 5.92 Å². The molecule has 1 aliphatic rings. The van der Waals surface area contributed by atoms with Crippen LogP contribution in [-0.2, 0) is 9.59 Å². The highest BCUT2D eigenvalue weighted by Crippen LogP contribution is 2.17. The van der Waals surface area contributed by atoms with Crippen molar-refractivity contribution in [1.29, 1.82) is 0 Å². The minimum absolute atomic E-state index is 0. The molecule has 1 aromatic rings. The quantitative estimate of drug-likeness (QED) is 0.728. The Balaban J connectivity index is 0.00000264. The van der Waals surface area contributed by atoms with Gasteiger partial charge in [-0.2, -0.15) is 12.6 Å². The summed E-state index contributed by atoms with van der Waals surface area (Å²) in [7, 11) is 0. The van der Waals surface area contributed by atoms with Crippen molar-refractivity contribution in [3.8, 4) is 0 Å².